The number of rotatable bonds is 3. The van der Waals surface area contributed by atoms with Crippen LogP contribution in [0.3, 0.4) is 0 Å². The molecule has 70 valence electrons. The number of carbonyl (C=O) groups is 1. The second-order valence-electron chi connectivity index (χ2n) is 3.27. The van der Waals surface area contributed by atoms with Crippen molar-refractivity contribution in [1.29, 1.82) is 0 Å². The van der Waals surface area contributed by atoms with Crippen molar-refractivity contribution in [3.8, 4) is 5.75 Å². The number of benzene rings is 1. The second-order valence-corrected chi connectivity index (χ2v) is 3.27. The minimum atomic E-state index is -0.643. The average Bonchev–Trinajstić information content (AvgIpc) is 2.05. The highest BCUT2D eigenvalue weighted by Crippen LogP contribution is 2.25. The van der Waals surface area contributed by atoms with Crippen LogP contribution in [0.15, 0.2) is 24.3 Å². The molecule has 1 N–H and O–H groups in total. The molecule has 13 heavy (non-hydrogen) atoms. The molecule has 0 bridgehead atoms. The number of hydrogen-bond donors (Lipinski definition) is 1. The van der Waals surface area contributed by atoms with Crippen LogP contribution in [-0.2, 0) is 15.1 Å². The molecule has 0 radical (unpaired) electrons. The van der Waals surface area contributed by atoms with E-state index in [0.717, 1.165) is 5.56 Å². The van der Waals surface area contributed by atoms with Crippen molar-refractivity contribution in [2.45, 2.75) is 19.4 Å². The van der Waals surface area contributed by atoms with Gasteiger partial charge in [0.15, 0.2) is 0 Å². The van der Waals surface area contributed by atoms with Gasteiger partial charge in [-0.1, -0.05) is 12.1 Å². The fraction of sp³-hybridized carbons (Fsp3) is 0.300. The van der Waals surface area contributed by atoms with E-state index in [2.05, 4.69) is 0 Å². The van der Waals surface area contributed by atoms with Gasteiger partial charge in [0.25, 0.3) is 6.47 Å². The van der Waals surface area contributed by atoms with E-state index in [1.54, 1.807) is 38.1 Å². The predicted molar refractivity (Wildman–Crippen MR) is 48.3 cm³/mol. The van der Waals surface area contributed by atoms with E-state index in [1.807, 2.05) is 0 Å². The van der Waals surface area contributed by atoms with Gasteiger partial charge in [-0.3, -0.25) is 4.79 Å². The van der Waals surface area contributed by atoms with Gasteiger partial charge >= 0.3 is 0 Å². The monoisotopic (exact) mass is 180 g/mol. The summed E-state index contributed by atoms with van der Waals surface area (Å²) in [6.07, 6.45) is 0. The van der Waals surface area contributed by atoms with E-state index in [1.165, 1.54) is 0 Å². The van der Waals surface area contributed by atoms with Crippen LogP contribution in [0.4, 0.5) is 0 Å². The third-order valence-corrected chi connectivity index (χ3v) is 1.91. The molecular weight excluding hydrogens is 168 g/mol. The zero-order chi connectivity index (χ0) is 9.90. The number of carbonyl (C=O) groups excluding carboxylic acids is 1. The summed E-state index contributed by atoms with van der Waals surface area (Å²) in [7, 11) is 0. The quantitative estimate of drug-likeness (QED) is 0.721. The lowest BCUT2D eigenvalue weighted by molar-refractivity contribution is -0.141. The van der Waals surface area contributed by atoms with E-state index in [0.29, 0.717) is 6.47 Å². The predicted octanol–water partition coefficient (Wildman–Crippen LogP) is 1.80. The maximum atomic E-state index is 10.2. The van der Waals surface area contributed by atoms with Crippen LogP contribution in [0.2, 0.25) is 0 Å². The van der Waals surface area contributed by atoms with Gasteiger partial charge in [0.2, 0.25) is 0 Å². The molecule has 0 spiro atoms. The van der Waals surface area contributed by atoms with E-state index < -0.39 is 5.60 Å². The Morgan fingerprint density at radius 1 is 1.31 bits per heavy atom. The van der Waals surface area contributed by atoms with E-state index >= 15 is 0 Å². The van der Waals surface area contributed by atoms with Gasteiger partial charge in [-0.25, -0.2) is 0 Å². The van der Waals surface area contributed by atoms with Gasteiger partial charge in [-0.15, -0.1) is 0 Å². The molecule has 3 nitrogen and oxygen atoms in total. The lowest BCUT2D eigenvalue weighted by Crippen LogP contribution is -2.20. The molecule has 1 rings (SSSR count). The first kappa shape index (κ1) is 9.58. The molecule has 0 aliphatic heterocycles. The van der Waals surface area contributed by atoms with Crippen LogP contribution in [0.1, 0.15) is 19.4 Å². The first-order valence-corrected chi connectivity index (χ1v) is 3.97. The number of hydrogen-bond acceptors (Lipinski definition) is 3. The number of phenols is 1. The van der Waals surface area contributed by atoms with Gasteiger partial charge in [0, 0.05) is 0 Å². The summed E-state index contributed by atoms with van der Waals surface area (Å²) in [6.45, 7) is 3.99. The average molecular weight is 180 g/mol. The number of ether oxygens (including phenoxy) is 1. The van der Waals surface area contributed by atoms with Crippen molar-refractivity contribution in [3.63, 3.8) is 0 Å². The molecule has 0 atom stereocenters. The van der Waals surface area contributed by atoms with Crippen LogP contribution in [0, 0.1) is 0 Å². The third-order valence-electron chi connectivity index (χ3n) is 1.91. The largest absolute Gasteiger partial charge is 0.508 e. The van der Waals surface area contributed by atoms with Crippen molar-refractivity contribution in [3.05, 3.63) is 29.8 Å². The highest BCUT2D eigenvalue weighted by molar-refractivity contribution is 5.40. The topological polar surface area (TPSA) is 46.5 Å². The molecule has 0 saturated heterocycles. The molecule has 0 aliphatic carbocycles. The summed E-state index contributed by atoms with van der Waals surface area (Å²) in [5, 5.41) is 9.04. The second kappa shape index (κ2) is 3.47. The summed E-state index contributed by atoms with van der Waals surface area (Å²) in [6, 6.07) is 6.56. The first-order chi connectivity index (χ1) is 6.06. The Hall–Kier alpha value is -1.51. The zero-order valence-electron chi connectivity index (χ0n) is 7.65. The van der Waals surface area contributed by atoms with Crippen LogP contribution in [0.5, 0.6) is 5.75 Å². The number of phenolic OH excluding ortho intramolecular Hbond substituents is 1. The fourth-order valence-corrected chi connectivity index (χ4v) is 1.05. The Balaban J connectivity index is 2.93. The van der Waals surface area contributed by atoms with Crippen molar-refractivity contribution in [2.75, 3.05) is 0 Å². The maximum Gasteiger partial charge on any atom is 0.293 e. The lowest BCUT2D eigenvalue weighted by Gasteiger charge is -2.22. The van der Waals surface area contributed by atoms with Gasteiger partial charge in [-0.2, -0.15) is 0 Å². The highest BCUT2D eigenvalue weighted by Gasteiger charge is 2.21. The third kappa shape index (κ3) is 2.21. The van der Waals surface area contributed by atoms with E-state index in [-0.39, 0.29) is 5.75 Å². The summed E-state index contributed by atoms with van der Waals surface area (Å²) >= 11 is 0. The Labute approximate surface area is 77.0 Å². The van der Waals surface area contributed by atoms with Crippen molar-refractivity contribution in [2.24, 2.45) is 0 Å². The molecule has 0 aliphatic rings. The van der Waals surface area contributed by atoms with Gasteiger partial charge in [0.05, 0.1) is 0 Å². The highest BCUT2D eigenvalue weighted by atomic mass is 16.5. The molecular formula is C10H12O3. The molecule has 0 unspecified atom stereocenters. The summed E-state index contributed by atoms with van der Waals surface area (Å²) in [5.41, 5.74) is 0.201. The first-order valence-electron chi connectivity index (χ1n) is 3.97. The lowest BCUT2D eigenvalue weighted by atomic mass is 9.98. The van der Waals surface area contributed by atoms with Gasteiger partial charge < -0.3 is 9.84 Å². The molecule has 0 heterocycles. The molecule has 0 amide bonds. The molecule has 1 aromatic carbocycles. The summed E-state index contributed by atoms with van der Waals surface area (Å²) < 4.78 is 4.89. The summed E-state index contributed by atoms with van der Waals surface area (Å²) in [5.74, 6) is 0.200. The zero-order valence-corrected chi connectivity index (χ0v) is 7.65. The van der Waals surface area contributed by atoms with Gasteiger partial charge in [0.1, 0.15) is 11.4 Å². The molecule has 1 aromatic rings. The van der Waals surface area contributed by atoms with Gasteiger partial charge in [-0.05, 0) is 31.5 Å². The Kier molecular flexibility index (Phi) is 2.56. The molecule has 0 saturated carbocycles. The molecule has 0 fully saturated rings. The molecule has 3 heteroatoms. The Morgan fingerprint density at radius 3 is 2.31 bits per heavy atom. The van der Waals surface area contributed by atoms with Crippen LogP contribution >= 0.6 is 0 Å². The van der Waals surface area contributed by atoms with Crippen molar-refractivity contribution < 1.29 is 14.6 Å². The van der Waals surface area contributed by atoms with Crippen molar-refractivity contribution in [1.82, 2.24) is 0 Å². The maximum absolute atomic E-state index is 10.2. The fourth-order valence-electron chi connectivity index (χ4n) is 1.05. The van der Waals surface area contributed by atoms with Crippen molar-refractivity contribution >= 4 is 6.47 Å². The minimum Gasteiger partial charge on any atom is -0.508 e. The van der Waals surface area contributed by atoms with Crippen LogP contribution in [0.25, 0.3) is 0 Å². The normalized spacial score (nSPS) is 10.9. The summed E-state index contributed by atoms with van der Waals surface area (Å²) in [4.78, 5) is 10.2. The van der Waals surface area contributed by atoms with Crippen LogP contribution < -0.4 is 0 Å². The van der Waals surface area contributed by atoms with E-state index in [4.69, 9.17) is 9.84 Å². The SMILES string of the molecule is CC(C)(OC=O)c1ccc(O)cc1. The number of aromatic hydroxyl groups is 1. The molecule has 0 aromatic heterocycles. The van der Waals surface area contributed by atoms with Crippen LogP contribution in [-0.4, -0.2) is 11.6 Å². The minimum absolute atomic E-state index is 0.200. The van der Waals surface area contributed by atoms with E-state index in [9.17, 15) is 4.79 Å². The Bertz CT molecular complexity index is 288. The smallest absolute Gasteiger partial charge is 0.293 e. The Morgan fingerprint density at radius 2 is 1.85 bits per heavy atom. The standard InChI is InChI=1S/C10H12O3/c1-10(2,13-7-11)8-3-5-9(12)6-4-8/h3-7,12H,1-2H3.